The van der Waals surface area contributed by atoms with Gasteiger partial charge in [0, 0.05) is 12.6 Å². The van der Waals surface area contributed by atoms with Gasteiger partial charge in [-0.15, -0.1) is 0 Å². The molecule has 3 heteroatoms. The van der Waals surface area contributed by atoms with Crippen LogP contribution in [0.3, 0.4) is 0 Å². The minimum atomic E-state index is 0.700. The molecule has 0 bridgehead atoms. The number of nitrogens with zero attached hydrogens (tertiary/aromatic N) is 1. The summed E-state index contributed by atoms with van der Waals surface area (Å²) in [4.78, 5) is 4.29. The second-order valence-electron chi connectivity index (χ2n) is 4.46. The maximum absolute atomic E-state index is 5.78. The average Bonchev–Trinajstić information content (AvgIpc) is 2.68. The topological polar surface area (TPSA) is 52.0 Å². The highest BCUT2D eigenvalue weighted by Crippen LogP contribution is 2.19. The van der Waals surface area contributed by atoms with E-state index in [1.165, 1.54) is 11.1 Å². The maximum Gasteiger partial charge on any atom is 0.192 e. The molecule has 2 N–H and O–H groups in total. The van der Waals surface area contributed by atoms with Crippen molar-refractivity contribution in [3.63, 3.8) is 0 Å². The van der Waals surface area contributed by atoms with Crippen LogP contribution in [0.5, 0.6) is 0 Å². The number of benzene rings is 2. The summed E-state index contributed by atoms with van der Waals surface area (Å²) in [7, 11) is 0. The molecule has 0 radical (unpaired) electrons. The van der Waals surface area contributed by atoms with Gasteiger partial charge in [0.2, 0.25) is 0 Å². The normalized spacial score (nSPS) is 10.9. The molecule has 0 saturated carbocycles. The highest BCUT2D eigenvalue weighted by atomic mass is 16.3. The summed E-state index contributed by atoms with van der Waals surface area (Å²) in [6.45, 7) is 1.86. The summed E-state index contributed by atoms with van der Waals surface area (Å²) in [6.07, 6.45) is 0.848. The van der Waals surface area contributed by atoms with Gasteiger partial charge in [-0.05, 0) is 41.8 Å². The molecule has 0 amide bonds. The zero-order chi connectivity index (χ0) is 12.5. The van der Waals surface area contributed by atoms with Crippen molar-refractivity contribution in [1.82, 2.24) is 4.98 Å². The second-order valence-corrected chi connectivity index (χ2v) is 4.46. The molecule has 0 unspecified atom stereocenters. The quantitative estimate of drug-likeness (QED) is 0.697. The van der Waals surface area contributed by atoms with Gasteiger partial charge < -0.3 is 10.2 Å². The van der Waals surface area contributed by atoms with E-state index in [9.17, 15) is 0 Å². The standard InChI is InChI=1S/C15H14N2O/c1-10-17-14-6-5-12(9-15(14)18-10)7-11-3-2-4-13(16)8-11/h2-6,8-9H,7,16H2,1H3. The van der Waals surface area contributed by atoms with Crippen molar-refractivity contribution in [3.05, 3.63) is 59.5 Å². The molecule has 0 fully saturated rings. The van der Waals surface area contributed by atoms with Crippen LogP contribution in [0.2, 0.25) is 0 Å². The first kappa shape index (κ1) is 10.8. The summed E-state index contributed by atoms with van der Waals surface area (Å²) in [5.41, 5.74) is 10.7. The zero-order valence-electron chi connectivity index (χ0n) is 10.2. The van der Waals surface area contributed by atoms with E-state index >= 15 is 0 Å². The molecule has 0 spiro atoms. The Labute approximate surface area is 105 Å². The lowest BCUT2D eigenvalue weighted by atomic mass is 10.0. The van der Waals surface area contributed by atoms with Crippen LogP contribution in [0.4, 0.5) is 5.69 Å². The molecule has 3 nitrogen and oxygen atoms in total. The molecule has 0 saturated heterocycles. The van der Waals surface area contributed by atoms with Crippen molar-refractivity contribution in [1.29, 1.82) is 0 Å². The number of aryl methyl sites for hydroxylation is 1. The number of oxazole rings is 1. The third-order valence-electron chi connectivity index (χ3n) is 2.92. The molecule has 0 aliphatic rings. The first-order valence-corrected chi connectivity index (χ1v) is 5.91. The SMILES string of the molecule is Cc1nc2ccc(Cc3cccc(N)c3)cc2o1. The van der Waals surface area contributed by atoms with Crippen LogP contribution >= 0.6 is 0 Å². The number of hydrogen-bond donors (Lipinski definition) is 1. The Morgan fingerprint density at radius 2 is 1.94 bits per heavy atom. The number of rotatable bonds is 2. The molecule has 3 rings (SSSR count). The number of fused-ring (bicyclic) bond motifs is 1. The lowest BCUT2D eigenvalue weighted by Gasteiger charge is -2.02. The number of hydrogen-bond acceptors (Lipinski definition) is 3. The van der Waals surface area contributed by atoms with Crippen LogP contribution in [0.1, 0.15) is 17.0 Å². The molecule has 1 heterocycles. The molecule has 18 heavy (non-hydrogen) atoms. The summed E-state index contributed by atoms with van der Waals surface area (Å²) in [5.74, 6) is 0.700. The number of anilines is 1. The Morgan fingerprint density at radius 1 is 1.11 bits per heavy atom. The smallest absolute Gasteiger partial charge is 0.192 e. The predicted octanol–water partition coefficient (Wildman–Crippen LogP) is 3.31. The van der Waals surface area contributed by atoms with Gasteiger partial charge in [-0.1, -0.05) is 18.2 Å². The Morgan fingerprint density at radius 3 is 2.78 bits per heavy atom. The highest BCUT2D eigenvalue weighted by molar-refractivity contribution is 5.73. The van der Waals surface area contributed by atoms with E-state index in [-0.39, 0.29) is 0 Å². The monoisotopic (exact) mass is 238 g/mol. The van der Waals surface area contributed by atoms with Gasteiger partial charge in [0.15, 0.2) is 11.5 Å². The van der Waals surface area contributed by atoms with Gasteiger partial charge in [0.25, 0.3) is 0 Å². The fourth-order valence-corrected chi connectivity index (χ4v) is 2.13. The molecule has 1 aromatic heterocycles. The van der Waals surface area contributed by atoms with Crippen LogP contribution in [-0.2, 0) is 6.42 Å². The van der Waals surface area contributed by atoms with Gasteiger partial charge in [-0.2, -0.15) is 0 Å². The van der Waals surface area contributed by atoms with E-state index in [0.29, 0.717) is 5.89 Å². The molecule has 0 atom stereocenters. The van der Waals surface area contributed by atoms with Gasteiger partial charge in [-0.3, -0.25) is 0 Å². The van der Waals surface area contributed by atoms with Crippen LogP contribution in [0.15, 0.2) is 46.9 Å². The minimum absolute atomic E-state index is 0.700. The van der Waals surface area contributed by atoms with Crippen LogP contribution in [0, 0.1) is 6.92 Å². The molecule has 90 valence electrons. The van der Waals surface area contributed by atoms with E-state index in [1.54, 1.807) is 0 Å². The fourth-order valence-electron chi connectivity index (χ4n) is 2.13. The second kappa shape index (κ2) is 4.18. The van der Waals surface area contributed by atoms with Crippen molar-refractivity contribution < 1.29 is 4.42 Å². The first-order valence-electron chi connectivity index (χ1n) is 5.91. The molecule has 3 aromatic rings. The molecular weight excluding hydrogens is 224 g/mol. The van der Waals surface area contributed by atoms with Crippen LogP contribution in [-0.4, -0.2) is 4.98 Å². The summed E-state index contributed by atoms with van der Waals surface area (Å²) >= 11 is 0. The highest BCUT2D eigenvalue weighted by Gasteiger charge is 2.04. The largest absolute Gasteiger partial charge is 0.441 e. The van der Waals surface area contributed by atoms with Gasteiger partial charge >= 0.3 is 0 Å². The Bertz CT molecular complexity index is 701. The molecule has 0 aliphatic carbocycles. The van der Waals surface area contributed by atoms with E-state index in [0.717, 1.165) is 23.2 Å². The fraction of sp³-hybridized carbons (Fsp3) is 0.133. The predicted molar refractivity (Wildman–Crippen MR) is 72.4 cm³/mol. The molecular formula is C15H14N2O. The van der Waals surface area contributed by atoms with Crippen molar-refractivity contribution in [2.75, 3.05) is 5.73 Å². The van der Waals surface area contributed by atoms with E-state index < -0.39 is 0 Å². The van der Waals surface area contributed by atoms with Crippen LogP contribution in [0.25, 0.3) is 11.1 Å². The lowest BCUT2D eigenvalue weighted by Crippen LogP contribution is -1.90. The van der Waals surface area contributed by atoms with E-state index in [1.807, 2.05) is 37.3 Å². The number of aromatic nitrogens is 1. The van der Waals surface area contributed by atoms with Crippen molar-refractivity contribution in [3.8, 4) is 0 Å². The van der Waals surface area contributed by atoms with E-state index in [2.05, 4.69) is 17.1 Å². The Kier molecular flexibility index (Phi) is 2.52. The number of nitrogen functional groups attached to an aromatic ring is 1. The van der Waals surface area contributed by atoms with Crippen molar-refractivity contribution in [2.45, 2.75) is 13.3 Å². The van der Waals surface area contributed by atoms with E-state index in [4.69, 9.17) is 10.2 Å². The average molecular weight is 238 g/mol. The van der Waals surface area contributed by atoms with Gasteiger partial charge in [-0.25, -0.2) is 4.98 Å². The third kappa shape index (κ3) is 2.07. The van der Waals surface area contributed by atoms with Crippen molar-refractivity contribution in [2.24, 2.45) is 0 Å². The Balaban J connectivity index is 1.94. The summed E-state index contributed by atoms with van der Waals surface area (Å²) in [6, 6.07) is 14.1. The Hall–Kier alpha value is -2.29. The van der Waals surface area contributed by atoms with Crippen LogP contribution < -0.4 is 5.73 Å². The van der Waals surface area contributed by atoms with Gasteiger partial charge in [0.05, 0.1) is 0 Å². The summed E-state index contributed by atoms with van der Waals surface area (Å²) < 4.78 is 5.53. The van der Waals surface area contributed by atoms with Crippen molar-refractivity contribution >= 4 is 16.8 Å². The summed E-state index contributed by atoms with van der Waals surface area (Å²) in [5, 5.41) is 0. The minimum Gasteiger partial charge on any atom is -0.441 e. The first-order chi connectivity index (χ1) is 8.70. The molecule has 0 aliphatic heterocycles. The lowest BCUT2D eigenvalue weighted by molar-refractivity contribution is 0.561. The third-order valence-corrected chi connectivity index (χ3v) is 2.92. The maximum atomic E-state index is 5.78. The zero-order valence-corrected chi connectivity index (χ0v) is 10.2. The van der Waals surface area contributed by atoms with Gasteiger partial charge in [0.1, 0.15) is 5.52 Å². The molecule has 2 aromatic carbocycles. The number of nitrogens with two attached hydrogens (primary N) is 1.